The SMILES string of the molecule is CCCCC(C)(C)OOC1(OOC(C)(C)CCCC)CCCC(C)(C)C1. The number of hydrogen-bond donors (Lipinski definition) is 0. The Balaban J connectivity index is 2.77. The van der Waals surface area contributed by atoms with Crippen LogP contribution in [0, 0.1) is 5.41 Å². The highest BCUT2D eigenvalue weighted by atomic mass is 17.3. The zero-order valence-electron chi connectivity index (χ0n) is 18.7. The van der Waals surface area contributed by atoms with Gasteiger partial charge in [-0.1, -0.05) is 53.4 Å². The van der Waals surface area contributed by atoms with Gasteiger partial charge in [-0.2, -0.15) is 9.78 Å². The maximum Gasteiger partial charge on any atom is 0.234 e. The van der Waals surface area contributed by atoms with Gasteiger partial charge in [0.15, 0.2) is 0 Å². The second-order valence-electron chi connectivity index (χ2n) is 10.2. The fourth-order valence-corrected chi connectivity index (χ4v) is 3.56. The van der Waals surface area contributed by atoms with Gasteiger partial charge in [0.1, 0.15) is 0 Å². The predicted octanol–water partition coefficient (Wildman–Crippen LogP) is 7.12. The van der Waals surface area contributed by atoms with E-state index in [1.807, 2.05) is 0 Å². The lowest BCUT2D eigenvalue weighted by Crippen LogP contribution is -2.47. The minimum atomic E-state index is -0.825. The Kier molecular flexibility index (Phi) is 9.06. The lowest BCUT2D eigenvalue weighted by molar-refractivity contribution is -0.551. The molecule has 0 spiro atoms. The van der Waals surface area contributed by atoms with E-state index in [-0.39, 0.29) is 16.6 Å². The van der Waals surface area contributed by atoms with Crippen molar-refractivity contribution >= 4 is 0 Å². The monoisotopic (exact) mass is 372 g/mol. The maximum atomic E-state index is 6.02. The molecule has 0 aliphatic heterocycles. The largest absolute Gasteiger partial charge is 0.234 e. The first-order chi connectivity index (χ1) is 11.9. The van der Waals surface area contributed by atoms with E-state index in [9.17, 15) is 0 Å². The average molecular weight is 373 g/mol. The van der Waals surface area contributed by atoms with E-state index in [4.69, 9.17) is 19.6 Å². The Bertz CT molecular complexity index is 377. The van der Waals surface area contributed by atoms with Gasteiger partial charge in [-0.3, -0.25) is 0 Å². The molecule has 1 fully saturated rings. The molecule has 4 heteroatoms. The van der Waals surface area contributed by atoms with Gasteiger partial charge in [0.25, 0.3) is 0 Å². The molecule has 1 rings (SSSR count). The minimum absolute atomic E-state index is 0.145. The zero-order chi connectivity index (χ0) is 19.9. The van der Waals surface area contributed by atoms with E-state index >= 15 is 0 Å². The highest BCUT2D eigenvalue weighted by Crippen LogP contribution is 2.45. The molecular weight excluding hydrogens is 328 g/mol. The van der Waals surface area contributed by atoms with Crippen LogP contribution in [0.15, 0.2) is 0 Å². The van der Waals surface area contributed by atoms with E-state index in [1.165, 1.54) is 6.42 Å². The Morgan fingerprint density at radius 2 is 1.23 bits per heavy atom. The van der Waals surface area contributed by atoms with Crippen LogP contribution >= 0.6 is 0 Å². The second kappa shape index (κ2) is 9.86. The van der Waals surface area contributed by atoms with Gasteiger partial charge in [-0.05, 0) is 58.8 Å². The molecule has 26 heavy (non-hydrogen) atoms. The summed E-state index contributed by atoms with van der Waals surface area (Å²) in [5.74, 6) is -0.825. The summed E-state index contributed by atoms with van der Waals surface area (Å²) in [4.78, 5) is 23.9. The molecule has 0 saturated heterocycles. The van der Waals surface area contributed by atoms with E-state index in [0.29, 0.717) is 0 Å². The van der Waals surface area contributed by atoms with Gasteiger partial charge in [0.05, 0.1) is 11.2 Å². The number of unbranched alkanes of at least 4 members (excludes halogenated alkanes) is 2. The third-order valence-electron chi connectivity index (χ3n) is 5.26. The van der Waals surface area contributed by atoms with Gasteiger partial charge in [0.2, 0.25) is 5.79 Å². The van der Waals surface area contributed by atoms with E-state index < -0.39 is 5.79 Å². The van der Waals surface area contributed by atoms with Crippen LogP contribution < -0.4 is 0 Å². The molecule has 0 heterocycles. The van der Waals surface area contributed by atoms with Gasteiger partial charge < -0.3 is 0 Å². The first kappa shape index (κ1) is 23.9. The van der Waals surface area contributed by atoms with Crippen LogP contribution in [0.5, 0.6) is 0 Å². The molecule has 0 amide bonds. The molecule has 0 aromatic carbocycles. The Labute approximate surface area is 162 Å². The molecule has 0 aromatic heterocycles. The van der Waals surface area contributed by atoms with Gasteiger partial charge in [-0.15, -0.1) is 0 Å². The lowest BCUT2D eigenvalue weighted by atomic mass is 9.74. The summed E-state index contributed by atoms with van der Waals surface area (Å²) < 4.78 is 0. The van der Waals surface area contributed by atoms with E-state index in [2.05, 4.69) is 55.4 Å². The van der Waals surface area contributed by atoms with Crippen LogP contribution in [-0.2, 0) is 19.6 Å². The Morgan fingerprint density at radius 3 is 1.62 bits per heavy atom. The van der Waals surface area contributed by atoms with Crippen molar-refractivity contribution < 1.29 is 19.6 Å². The molecule has 1 saturated carbocycles. The fraction of sp³-hybridized carbons (Fsp3) is 1.00. The maximum absolute atomic E-state index is 6.02. The summed E-state index contributed by atoms with van der Waals surface area (Å²) in [6, 6.07) is 0. The molecule has 0 atom stereocenters. The van der Waals surface area contributed by atoms with Crippen molar-refractivity contribution in [2.24, 2.45) is 5.41 Å². The summed E-state index contributed by atoms with van der Waals surface area (Å²) in [5.41, 5.74) is -0.510. The molecule has 4 nitrogen and oxygen atoms in total. The molecule has 1 aliphatic rings. The highest BCUT2D eigenvalue weighted by Gasteiger charge is 2.46. The Morgan fingerprint density at radius 1 is 0.769 bits per heavy atom. The topological polar surface area (TPSA) is 36.9 Å². The van der Waals surface area contributed by atoms with Crippen LogP contribution in [0.25, 0.3) is 0 Å². The standard InChI is InChI=1S/C22H44O4/c1-9-11-15-20(5,6)23-25-22(17-13-14-19(3,4)18-22)26-24-21(7,8)16-12-10-2/h9-18H2,1-8H3. The van der Waals surface area contributed by atoms with Crippen LogP contribution in [-0.4, -0.2) is 17.0 Å². The van der Waals surface area contributed by atoms with E-state index in [0.717, 1.165) is 57.8 Å². The second-order valence-corrected chi connectivity index (χ2v) is 10.2. The van der Waals surface area contributed by atoms with Gasteiger partial charge in [0, 0.05) is 12.8 Å². The van der Waals surface area contributed by atoms with Crippen LogP contribution in [0.1, 0.15) is 120 Å². The van der Waals surface area contributed by atoms with E-state index in [1.54, 1.807) is 0 Å². The first-order valence-corrected chi connectivity index (χ1v) is 10.7. The van der Waals surface area contributed by atoms with Crippen molar-refractivity contribution in [1.29, 1.82) is 0 Å². The molecule has 0 aromatic rings. The summed E-state index contributed by atoms with van der Waals surface area (Å²) in [6.07, 6.45) is 10.2. The normalized spacial score (nSPS) is 20.3. The smallest absolute Gasteiger partial charge is 0.228 e. The quantitative estimate of drug-likeness (QED) is 0.208. The van der Waals surface area contributed by atoms with Crippen molar-refractivity contribution in [1.82, 2.24) is 0 Å². The summed E-state index contributed by atoms with van der Waals surface area (Å²) >= 11 is 0. The van der Waals surface area contributed by atoms with Crippen LogP contribution in [0.2, 0.25) is 0 Å². The molecular formula is C22H44O4. The van der Waals surface area contributed by atoms with Gasteiger partial charge >= 0.3 is 0 Å². The predicted molar refractivity (Wildman–Crippen MR) is 107 cm³/mol. The molecule has 0 N–H and O–H groups in total. The Hall–Kier alpha value is -0.160. The van der Waals surface area contributed by atoms with Crippen molar-refractivity contribution in [2.45, 2.75) is 137 Å². The average Bonchev–Trinajstić information content (AvgIpc) is 2.54. The summed E-state index contributed by atoms with van der Waals surface area (Å²) in [7, 11) is 0. The van der Waals surface area contributed by atoms with Crippen LogP contribution in [0.4, 0.5) is 0 Å². The third-order valence-corrected chi connectivity index (χ3v) is 5.26. The summed E-state index contributed by atoms with van der Waals surface area (Å²) in [5, 5.41) is 0. The molecule has 0 radical (unpaired) electrons. The molecule has 1 aliphatic carbocycles. The third kappa shape index (κ3) is 8.69. The fourth-order valence-electron chi connectivity index (χ4n) is 3.56. The number of hydrogen-bond acceptors (Lipinski definition) is 4. The zero-order valence-corrected chi connectivity index (χ0v) is 18.7. The van der Waals surface area contributed by atoms with Crippen molar-refractivity contribution in [3.05, 3.63) is 0 Å². The highest BCUT2D eigenvalue weighted by molar-refractivity contribution is 4.85. The molecule has 0 unspecified atom stereocenters. The van der Waals surface area contributed by atoms with Crippen molar-refractivity contribution in [3.8, 4) is 0 Å². The first-order valence-electron chi connectivity index (χ1n) is 10.7. The van der Waals surface area contributed by atoms with Crippen molar-refractivity contribution in [3.63, 3.8) is 0 Å². The molecule has 0 bridgehead atoms. The van der Waals surface area contributed by atoms with Crippen molar-refractivity contribution in [2.75, 3.05) is 0 Å². The van der Waals surface area contributed by atoms with Crippen LogP contribution in [0.3, 0.4) is 0 Å². The van der Waals surface area contributed by atoms with Gasteiger partial charge in [-0.25, -0.2) is 9.78 Å². The molecule has 156 valence electrons. The summed E-state index contributed by atoms with van der Waals surface area (Å²) in [6.45, 7) is 17.2. The lowest BCUT2D eigenvalue weighted by Gasteiger charge is -2.44. The number of rotatable bonds is 12. The minimum Gasteiger partial charge on any atom is -0.228 e.